The molecule has 2 amide bonds. The highest BCUT2D eigenvalue weighted by atomic mass is 35.5. The molecule has 3 nitrogen and oxygen atoms in total. The first-order valence-corrected chi connectivity index (χ1v) is 8.01. The first-order valence-electron chi connectivity index (χ1n) is 7.19. The lowest BCUT2D eigenvalue weighted by molar-refractivity contribution is 0.161. The van der Waals surface area contributed by atoms with E-state index in [0.29, 0.717) is 0 Å². The monoisotopic (exact) mass is 316 g/mol. The average molecular weight is 317 g/mol. The molecule has 0 spiro atoms. The van der Waals surface area contributed by atoms with Crippen molar-refractivity contribution in [3.8, 4) is 0 Å². The molecule has 0 heterocycles. The molecule has 2 aliphatic carbocycles. The van der Waals surface area contributed by atoms with Crippen LogP contribution < -0.4 is 0 Å². The van der Waals surface area contributed by atoms with Gasteiger partial charge in [0.25, 0.3) is 0 Å². The molecule has 0 fully saturated rings. The molecule has 0 saturated carbocycles. The Labute approximate surface area is 131 Å². The van der Waals surface area contributed by atoms with Crippen LogP contribution >= 0.6 is 23.2 Å². The van der Waals surface area contributed by atoms with E-state index in [1.807, 2.05) is 14.1 Å². The van der Waals surface area contributed by atoms with Gasteiger partial charge in [-0.1, -0.05) is 23.8 Å². The van der Waals surface area contributed by atoms with Gasteiger partial charge in [0.1, 0.15) is 0 Å². The summed E-state index contributed by atoms with van der Waals surface area (Å²) in [7, 11) is 3.64. The van der Waals surface area contributed by atoms with Crippen LogP contribution in [0.25, 0.3) is 0 Å². The summed E-state index contributed by atoms with van der Waals surface area (Å²) in [6, 6.07) is 0.0329. The molecule has 0 N–H and O–H groups in total. The van der Waals surface area contributed by atoms with Crippen molar-refractivity contribution in [3.63, 3.8) is 0 Å². The lowest BCUT2D eigenvalue weighted by Gasteiger charge is -2.36. The summed E-state index contributed by atoms with van der Waals surface area (Å²) in [4.78, 5) is 16.1. The molecule has 2 atom stereocenters. The minimum atomic E-state index is -0.0222. The van der Waals surface area contributed by atoms with Gasteiger partial charge in [-0.15, -0.1) is 11.6 Å². The zero-order valence-electron chi connectivity index (χ0n) is 12.1. The fraction of sp³-hybridized carbons (Fsp3) is 0.667. The van der Waals surface area contributed by atoms with Crippen molar-refractivity contribution in [2.75, 3.05) is 14.1 Å². The van der Waals surface area contributed by atoms with Gasteiger partial charge in [-0.05, 0) is 38.5 Å². The maximum absolute atomic E-state index is 12.6. The van der Waals surface area contributed by atoms with Gasteiger partial charge in [-0.25, -0.2) is 4.79 Å². The van der Waals surface area contributed by atoms with Crippen molar-refractivity contribution >= 4 is 29.2 Å². The standard InChI is InChI=1S/C15H22Cl2N2O/c1-18(13-9-5-3-7-11(13)16)15(20)19(2)14-10-6-4-8-12(14)17/h3,5,11,13H,4,6-10H2,1-2H3. The van der Waals surface area contributed by atoms with Gasteiger partial charge in [0, 0.05) is 24.8 Å². The van der Waals surface area contributed by atoms with Gasteiger partial charge in [-0.3, -0.25) is 0 Å². The van der Waals surface area contributed by atoms with E-state index >= 15 is 0 Å². The number of hydrogen-bond donors (Lipinski definition) is 0. The first-order chi connectivity index (χ1) is 9.52. The third kappa shape index (κ3) is 3.32. The summed E-state index contributed by atoms with van der Waals surface area (Å²) in [5.74, 6) is 0. The molecule has 0 aromatic heterocycles. The van der Waals surface area contributed by atoms with Crippen LogP contribution in [0.1, 0.15) is 38.5 Å². The highest BCUT2D eigenvalue weighted by Crippen LogP contribution is 2.30. The molecule has 0 aromatic carbocycles. The number of carbonyl (C=O) groups excluding carboxylic acids is 1. The molecule has 2 unspecified atom stereocenters. The van der Waals surface area contributed by atoms with Crippen LogP contribution in [0, 0.1) is 0 Å². The van der Waals surface area contributed by atoms with E-state index in [0.717, 1.165) is 49.3 Å². The molecule has 2 rings (SSSR count). The van der Waals surface area contributed by atoms with Crippen molar-refractivity contribution in [2.45, 2.75) is 49.9 Å². The Balaban J connectivity index is 2.08. The summed E-state index contributed by atoms with van der Waals surface area (Å²) in [6.45, 7) is 0. The topological polar surface area (TPSA) is 23.6 Å². The normalized spacial score (nSPS) is 26.6. The van der Waals surface area contributed by atoms with E-state index < -0.39 is 0 Å². The van der Waals surface area contributed by atoms with Gasteiger partial charge in [0.15, 0.2) is 0 Å². The minimum Gasteiger partial charge on any atom is -0.323 e. The second-order valence-electron chi connectivity index (χ2n) is 5.54. The summed E-state index contributed by atoms with van der Waals surface area (Å²) in [6.07, 6.45) is 9.77. The van der Waals surface area contributed by atoms with Crippen molar-refractivity contribution < 1.29 is 4.79 Å². The van der Waals surface area contributed by atoms with Gasteiger partial charge in [-0.2, -0.15) is 0 Å². The number of rotatable bonds is 2. The quantitative estimate of drug-likeness (QED) is 0.549. The molecule has 20 heavy (non-hydrogen) atoms. The zero-order chi connectivity index (χ0) is 14.7. The number of urea groups is 1. The Hall–Kier alpha value is -0.670. The van der Waals surface area contributed by atoms with E-state index in [1.54, 1.807) is 9.80 Å². The van der Waals surface area contributed by atoms with Gasteiger partial charge in [0.2, 0.25) is 0 Å². The molecular formula is C15H22Cl2N2O. The molecular weight excluding hydrogens is 295 g/mol. The van der Waals surface area contributed by atoms with Crippen LogP contribution in [0.2, 0.25) is 0 Å². The van der Waals surface area contributed by atoms with Gasteiger partial charge in [0.05, 0.1) is 11.4 Å². The number of nitrogens with zero attached hydrogens (tertiary/aromatic N) is 2. The third-order valence-electron chi connectivity index (χ3n) is 4.19. The second-order valence-corrected chi connectivity index (χ2v) is 6.55. The Morgan fingerprint density at radius 3 is 2.50 bits per heavy atom. The Morgan fingerprint density at radius 1 is 1.20 bits per heavy atom. The number of halogens is 2. The van der Waals surface area contributed by atoms with Crippen molar-refractivity contribution in [3.05, 3.63) is 22.9 Å². The van der Waals surface area contributed by atoms with Crippen LogP contribution in [0.4, 0.5) is 4.79 Å². The second kappa shape index (κ2) is 6.86. The van der Waals surface area contributed by atoms with Crippen LogP contribution in [0.5, 0.6) is 0 Å². The molecule has 0 radical (unpaired) electrons. The summed E-state index contributed by atoms with van der Waals surface area (Å²) in [5, 5.41) is 0.810. The summed E-state index contributed by atoms with van der Waals surface area (Å²) >= 11 is 12.6. The highest BCUT2D eigenvalue weighted by Gasteiger charge is 2.30. The maximum atomic E-state index is 12.6. The number of alkyl halides is 1. The van der Waals surface area contributed by atoms with E-state index in [-0.39, 0.29) is 17.5 Å². The van der Waals surface area contributed by atoms with E-state index in [2.05, 4.69) is 12.2 Å². The molecule has 0 aliphatic heterocycles. The van der Waals surface area contributed by atoms with Crippen LogP contribution in [-0.4, -0.2) is 41.3 Å². The summed E-state index contributed by atoms with van der Waals surface area (Å²) in [5.41, 5.74) is 0.965. The predicted octanol–water partition coefficient (Wildman–Crippen LogP) is 4.32. The largest absolute Gasteiger partial charge is 0.324 e. The lowest BCUT2D eigenvalue weighted by Crippen LogP contribution is -2.48. The minimum absolute atomic E-state index is 0.0156. The van der Waals surface area contributed by atoms with Crippen molar-refractivity contribution in [1.82, 2.24) is 9.80 Å². The van der Waals surface area contributed by atoms with Crippen LogP contribution in [-0.2, 0) is 0 Å². The molecule has 0 bridgehead atoms. The smallest absolute Gasteiger partial charge is 0.323 e. The van der Waals surface area contributed by atoms with Gasteiger partial charge < -0.3 is 9.80 Å². The number of hydrogen-bond acceptors (Lipinski definition) is 1. The third-order valence-corrected chi connectivity index (χ3v) is 5.06. The van der Waals surface area contributed by atoms with Crippen LogP contribution in [0.3, 0.4) is 0 Å². The summed E-state index contributed by atoms with van der Waals surface area (Å²) < 4.78 is 0. The van der Waals surface area contributed by atoms with E-state index in [1.165, 1.54) is 0 Å². The van der Waals surface area contributed by atoms with Gasteiger partial charge >= 0.3 is 6.03 Å². The number of carbonyl (C=O) groups is 1. The number of amides is 2. The van der Waals surface area contributed by atoms with Crippen molar-refractivity contribution in [1.29, 1.82) is 0 Å². The van der Waals surface area contributed by atoms with Crippen molar-refractivity contribution in [2.24, 2.45) is 0 Å². The number of allylic oxidation sites excluding steroid dienone is 3. The zero-order valence-corrected chi connectivity index (χ0v) is 13.6. The van der Waals surface area contributed by atoms with Crippen LogP contribution in [0.15, 0.2) is 22.9 Å². The molecule has 0 saturated heterocycles. The Bertz CT molecular complexity index is 434. The average Bonchev–Trinajstić information content (AvgIpc) is 2.46. The predicted molar refractivity (Wildman–Crippen MR) is 84.1 cm³/mol. The Kier molecular flexibility index (Phi) is 5.39. The first kappa shape index (κ1) is 15.7. The maximum Gasteiger partial charge on any atom is 0.324 e. The molecule has 112 valence electrons. The van der Waals surface area contributed by atoms with E-state index in [4.69, 9.17) is 23.2 Å². The van der Waals surface area contributed by atoms with E-state index in [9.17, 15) is 4.79 Å². The fourth-order valence-electron chi connectivity index (χ4n) is 2.86. The fourth-order valence-corrected chi connectivity index (χ4v) is 3.59. The molecule has 2 aliphatic rings. The highest BCUT2D eigenvalue weighted by molar-refractivity contribution is 6.30. The molecule has 5 heteroatoms. The molecule has 0 aromatic rings. The Morgan fingerprint density at radius 2 is 1.85 bits per heavy atom. The SMILES string of the molecule is CN(C(=O)N(C)C1CC=CCC1Cl)C1=C(Cl)CCCC1. The lowest BCUT2D eigenvalue weighted by atomic mass is 10.00.